The van der Waals surface area contributed by atoms with Gasteiger partial charge in [-0.3, -0.25) is 0 Å². The van der Waals surface area contributed by atoms with E-state index in [2.05, 4.69) is 20.0 Å². The van der Waals surface area contributed by atoms with Crippen LogP contribution in [0.15, 0.2) is 30.3 Å². The lowest BCUT2D eigenvalue weighted by molar-refractivity contribution is 0.0720. The van der Waals surface area contributed by atoms with Crippen LogP contribution >= 0.6 is 0 Å². The van der Waals surface area contributed by atoms with Crippen molar-refractivity contribution in [3.05, 3.63) is 35.9 Å². The van der Waals surface area contributed by atoms with E-state index in [4.69, 9.17) is 10.2 Å². The summed E-state index contributed by atoms with van der Waals surface area (Å²) in [6.45, 7) is 6.84. The summed E-state index contributed by atoms with van der Waals surface area (Å²) < 4.78 is 5.64. The first-order valence-corrected chi connectivity index (χ1v) is 9.04. The van der Waals surface area contributed by atoms with Crippen molar-refractivity contribution < 1.29 is 9.22 Å². The summed E-state index contributed by atoms with van der Waals surface area (Å²) in [7, 11) is -1.96. The van der Waals surface area contributed by atoms with Crippen LogP contribution in [0, 0.1) is 5.92 Å². The number of hydrogen-bond donors (Lipinski definition) is 1. The molecule has 0 aliphatic rings. The highest BCUT2D eigenvalue weighted by atomic mass is 28.4. The van der Waals surface area contributed by atoms with Gasteiger partial charge in [0.1, 0.15) is 0 Å². The van der Waals surface area contributed by atoms with E-state index in [0.717, 1.165) is 6.04 Å². The fourth-order valence-corrected chi connectivity index (χ4v) is 4.40. The van der Waals surface area contributed by atoms with E-state index in [1.807, 2.05) is 18.2 Å². The van der Waals surface area contributed by atoms with Gasteiger partial charge in [0.15, 0.2) is 0 Å². The van der Waals surface area contributed by atoms with Crippen LogP contribution < -0.4 is 5.73 Å². The van der Waals surface area contributed by atoms with Gasteiger partial charge in [0, 0.05) is 0 Å². The highest BCUT2D eigenvalue weighted by molar-refractivity contribution is 6.72. The van der Waals surface area contributed by atoms with Gasteiger partial charge >= 0.3 is 5.97 Å². The van der Waals surface area contributed by atoms with Crippen LogP contribution in [0.3, 0.4) is 0 Å². The molecular formula is C13H21NO2Si. The highest BCUT2D eigenvalue weighted by Gasteiger charge is 2.29. The number of carbonyl (C=O) groups excluding carboxylic acids is 1. The molecule has 0 amide bonds. The van der Waals surface area contributed by atoms with Gasteiger partial charge in [-0.15, -0.1) is 0 Å². The van der Waals surface area contributed by atoms with Gasteiger partial charge in [-0.25, -0.2) is 4.79 Å². The Morgan fingerprint density at radius 2 is 1.94 bits per heavy atom. The predicted octanol–water partition coefficient (Wildman–Crippen LogP) is 2.64. The molecule has 94 valence electrons. The Labute approximate surface area is 104 Å². The minimum absolute atomic E-state index is 0.216. The predicted molar refractivity (Wildman–Crippen MR) is 72.4 cm³/mol. The number of benzene rings is 1. The van der Waals surface area contributed by atoms with Crippen molar-refractivity contribution in [1.82, 2.24) is 0 Å². The molecule has 0 aliphatic heterocycles. The molecule has 0 aromatic heterocycles. The van der Waals surface area contributed by atoms with E-state index in [1.54, 1.807) is 12.1 Å². The first kappa shape index (κ1) is 13.9. The van der Waals surface area contributed by atoms with Crippen LogP contribution in [-0.2, 0) is 4.43 Å². The molecule has 0 saturated heterocycles. The summed E-state index contributed by atoms with van der Waals surface area (Å²) in [5, 5.41) is 0. The molecule has 0 spiro atoms. The fraction of sp³-hybridized carbons (Fsp3) is 0.462. The molecule has 1 aromatic carbocycles. The Bertz CT molecular complexity index is 365. The second kappa shape index (κ2) is 5.98. The third-order valence-corrected chi connectivity index (χ3v) is 5.04. The third kappa shape index (κ3) is 4.71. The van der Waals surface area contributed by atoms with E-state index in [-0.39, 0.29) is 5.97 Å². The standard InChI is InChI=1S/C13H21NO2Si/c1-11(9-14)10-17(2,3)16-13(15)12-7-5-4-6-8-12/h4-8,11H,9-10,14H2,1-3H3. The Morgan fingerprint density at radius 1 is 1.35 bits per heavy atom. The number of rotatable bonds is 5. The van der Waals surface area contributed by atoms with Crippen LogP contribution in [0.4, 0.5) is 0 Å². The zero-order valence-corrected chi connectivity index (χ0v) is 11.8. The topological polar surface area (TPSA) is 52.3 Å². The normalized spacial score (nSPS) is 13.2. The van der Waals surface area contributed by atoms with Crippen LogP contribution in [0.1, 0.15) is 17.3 Å². The second-order valence-corrected chi connectivity index (χ2v) is 9.19. The van der Waals surface area contributed by atoms with Crippen LogP contribution in [0.2, 0.25) is 19.1 Å². The van der Waals surface area contributed by atoms with Gasteiger partial charge in [0.05, 0.1) is 5.56 Å². The van der Waals surface area contributed by atoms with Crippen molar-refractivity contribution in [2.45, 2.75) is 26.1 Å². The van der Waals surface area contributed by atoms with Gasteiger partial charge in [-0.1, -0.05) is 25.1 Å². The average Bonchev–Trinajstić information content (AvgIpc) is 2.28. The van der Waals surface area contributed by atoms with Gasteiger partial charge in [0.25, 0.3) is 0 Å². The molecular weight excluding hydrogens is 230 g/mol. The Hall–Kier alpha value is -1.13. The van der Waals surface area contributed by atoms with Crippen LogP contribution in [-0.4, -0.2) is 20.8 Å². The summed E-state index contributed by atoms with van der Waals surface area (Å²) >= 11 is 0. The molecule has 0 saturated carbocycles. The van der Waals surface area contributed by atoms with Gasteiger partial charge in [-0.2, -0.15) is 0 Å². The lowest BCUT2D eigenvalue weighted by atomic mass is 10.2. The maximum absolute atomic E-state index is 11.9. The number of carbonyl (C=O) groups is 1. The second-order valence-electron chi connectivity index (χ2n) is 5.06. The molecule has 1 atom stereocenters. The quantitative estimate of drug-likeness (QED) is 0.819. The van der Waals surface area contributed by atoms with Crippen molar-refractivity contribution in [2.24, 2.45) is 11.7 Å². The molecule has 0 bridgehead atoms. The maximum Gasteiger partial charge on any atom is 0.324 e. The molecule has 1 rings (SSSR count). The molecule has 1 aromatic rings. The van der Waals surface area contributed by atoms with Crippen LogP contribution in [0.25, 0.3) is 0 Å². The van der Waals surface area contributed by atoms with Crippen molar-refractivity contribution in [2.75, 3.05) is 6.54 Å². The zero-order valence-electron chi connectivity index (χ0n) is 10.8. The lowest BCUT2D eigenvalue weighted by Crippen LogP contribution is -2.36. The SMILES string of the molecule is CC(CN)C[Si](C)(C)OC(=O)c1ccccc1. The first-order valence-electron chi connectivity index (χ1n) is 5.93. The molecule has 4 heteroatoms. The summed E-state index contributed by atoms with van der Waals surface area (Å²) in [6, 6.07) is 10.0. The summed E-state index contributed by atoms with van der Waals surface area (Å²) in [4.78, 5) is 11.9. The van der Waals surface area contributed by atoms with Crippen molar-refractivity contribution >= 4 is 14.3 Å². The fourth-order valence-electron chi connectivity index (χ4n) is 1.85. The smallest absolute Gasteiger partial charge is 0.324 e. The van der Waals surface area contributed by atoms with Gasteiger partial charge in [0.2, 0.25) is 8.32 Å². The lowest BCUT2D eigenvalue weighted by Gasteiger charge is -2.25. The van der Waals surface area contributed by atoms with E-state index < -0.39 is 8.32 Å². The van der Waals surface area contributed by atoms with Gasteiger partial charge < -0.3 is 10.2 Å². The summed E-state index contributed by atoms with van der Waals surface area (Å²) in [6.07, 6.45) is 0. The Morgan fingerprint density at radius 3 is 2.47 bits per heavy atom. The molecule has 0 aliphatic carbocycles. The van der Waals surface area contributed by atoms with E-state index in [1.165, 1.54) is 0 Å². The van der Waals surface area contributed by atoms with E-state index in [0.29, 0.717) is 18.0 Å². The van der Waals surface area contributed by atoms with Crippen molar-refractivity contribution in [3.8, 4) is 0 Å². The monoisotopic (exact) mass is 251 g/mol. The molecule has 0 radical (unpaired) electrons. The molecule has 0 fully saturated rings. The molecule has 2 N–H and O–H groups in total. The molecule has 17 heavy (non-hydrogen) atoms. The van der Waals surface area contributed by atoms with E-state index in [9.17, 15) is 4.79 Å². The average molecular weight is 251 g/mol. The summed E-state index contributed by atoms with van der Waals surface area (Å²) in [5.41, 5.74) is 6.22. The molecule has 0 heterocycles. The highest BCUT2D eigenvalue weighted by Crippen LogP contribution is 2.19. The Balaban J connectivity index is 2.62. The van der Waals surface area contributed by atoms with Gasteiger partial charge in [-0.05, 0) is 43.7 Å². The zero-order chi connectivity index (χ0) is 12.9. The number of hydrogen-bond acceptors (Lipinski definition) is 3. The third-order valence-electron chi connectivity index (χ3n) is 2.62. The Kier molecular flexibility index (Phi) is 4.90. The van der Waals surface area contributed by atoms with Crippen LogP contribution in [0.5, 0.6) is 0 Å². The van der Waals surface area contributed by atoms with Crippen molar-refractivity contribution in [1.29, 1.82) is 0 Å². The van der Waals surface area contributed by atoms with E-state index >= 15 is 0 Å². The molecule has 3 nitrogen and oxygen atoms in total. The minimum atomic E-state index is -1.96. The maximum atomic E-state index is 11.9. The largest absolute Gasteiger partial charge is 0.516 e. The summed E-state index contributed by atoms with van der Waals surface area (Å²) in [5.74, 6) is 0.187. The minimum Gasteiger partial charge on any atom is -0.516 e. The van der Waals surface area contributed by atoms with Crippen molar-refractivity contribution in [3.63, 3.8) is 0 Å². The number of nitrogens with two attached hydrogens (primary N) is 1. The molecule has 1 unspecified atom stereocenters. The first-order chi connectivity index (χ1) is 7.94.